The Morgan fingerprint density at radius 2 is 1.78 bits per heavy atom. The summed E-state index contributed by atoms with van der Waals surface area (Å²) in [6.07, 6.45) is 1.73. The van der Waals surface area contributed by atoms with Crippen molar-refractivity contribution >= 4 is 63.5 Å². The van der Waals surface area contributed by atoms with Crippen molar-refractivity contribution in [2.75, 3.05) is 18.5 Å². The highest BCUT2D eigenvalue weighted by atomic mass is 35.5. The highest BCUT2D eigenvalue weighted by Gasteiger charge is 2.36. The predicted octanol–water partition coefficient (Wildman–Crippen LogP) is 6.72. The third-order valence-electron chi connectivity index (χ3n) is 5.53. The summed E-state index contributed by atoms with van der Waals surface area (Å²) < 4.78 is 12.0. The second-order valence-electron chi connectivity index (χ2n) is 8.10. The third-order valence-corrected chi connectivity index (χ3v) is 7.14. The van der Waals surface area contributed by atoms with Crippen molar-refractivity contribution in [3.8, 4) is 11.5 Å². The lowest BCUT2D eigenvalue weighted by Gasteiger charge is -2.23. The molecule has 1 atom stereocenters. The number of nitrogens with one attached hydrogen (secondary N) is 1. The number of ether oxygens (including phenoxy) is 2. The van der Waals surface area contributed by atoms with Crippen molar-refractivity contribution in [1.82, 2.24) is 4.90 Å². The summed E-state index contributed by atoms with van der Waals surface area (Å²) in [5, 5.41) is 3.02. The van der Waals surface area contributed by atoms with Gasteiger partial charge in [-0.3, -0.25) is 14.5 Å². The number of carbonyl (C=O) groups is 2. The van der Waals surface area contributed by atoms with Crippen LogP contribution in [0, 0.1) is 0 Å². The number of carbonyl (C=O) groups excluding carboxylic acids is 2. The Balaban J connectivity index is 1.52. The normalized spacial score (nSPS) is 15.1. The molecule has 1 heterocycles. The molecule has 1 N–H and O–H groups in total. The van der Waals surface area contributed by atoms with Gasteiger partial charge in [-0.15, -0.1) is 0 Å². The van der Waals surface area contributed by atoms with Crippen molar-refractivity contribution < 1.29 is 19.1 Å². The van der Waals surface area contributed by atoms with Crippen LogP contribution in [0.2, 0.25) is 5.02 Å². The summed E-state index contributed by atoms with van der Waals surface area (Å²) in [7, 11) is 0. The monoisotopic (exact) mass is 552 g/mol. The largest absolute Gasteiger partial charge is 0.490 e. The quantitative estimate of drug-likeness (QED) is 0.235. The lowest BCUT2D eigenvalue weighted by molar-refractivity contribution is -0.123. The van der Waals surface area contributed by atoms with E-state index in [0.717, 1.165) is 5.56 Å². The summed E-state index contributed by atoms with van der Waals surface area (Å²) in [4.78, 5) is 27.7. The fourth-order valence-corrected chi connectivity index (χ4v) is 5.47. The average molecular weight is 553 g/mol. The molecule has 0 radical (unpaired) electrons. The molecule has 3 aromatic carbocycles. The third kappa shape index (κ3) is 6.52. The first kappa shape index (κ1) is 26.7. The fraction of sp³-hybridized carbons (Fsp3) is 0.179. The van der Waals surface area contributed by atoms with Crippen LogP contribution in [0.5, 0.6) is 11.5 Å². The number of para-hydroxylation sites is 1. The van der Waals surface area contributed by atoms with E-state index in [-0.39, 0.29) is 35.2 Å². The zero-order valence-electron chi connectivity index (χ0n) is 20.3. The molecule has 4 rings (SSSR count). The van der Waals surface area contributed by atoms with E-state index in [0.29, 0.717) is 32.8 Å². The van der Waals surface area contributed by atoms with Crippen molar-refractivity contribution in [1.29, 1.82) is 0 Å². The number of benzene rings is 3. The second-order valence-corrected chi connectivity index (χ2v) is 10.2. The molecule has 0 bridgehead atoms. The van der Waals surface area contributed by atoms with Gasteiger partial charge < -0.3 is 14.8 Å². The molecule has 1 saturated heterocycles. The van der Waals surface area contributed by atoms with Crippen molar-refractivity contribution in [3.63, 3.8) is 0 Å². The van der Waals surface area contributed by atoms with Crippen LogP contribution in [0.3, 0.4) is 0 Å². The maximum atomic E-state index is 13.2. The molecular weight excluding hydrogens is 528 g/mol. The number of hydrogen-bond donors (Lipinski definition) is 1. The molecule has 0 aliphatic carbocycles. The smallest absolute Gasteiger partial charge is 0.266 e. The van der Waals surface area contributed by atoms with E-state index in [1.54, 1.807) is 35.2 Å². The SMILES string of the molecule is CCOc1cc(/C=C2\SC(=S)N([C@@H](C)c3ccccc3)C2=O)cc(Cl)c1OCC(=O)Nc1ccccc1. The molecule has 0 spiro atoms. The zero-order valence-corrected chi connectivity index (χ0v) is 22.7. The predicted molar refractivity (Wildman–Crippen MR) is 153 cm³/mol. The first-order chi connectivity index (χ1) is 17.9. The fourth-order valence-electron chi connectivity index (χ4n) is 3.78. The highest BCUT2D eigenvalue weighted by Crippen LogP contribution is 2.41. The Hall–Kier alpha value is -3.33. The van der Waals surface area contributed by atoms with E-state index < -0.39 is 0 Å². The van der Waals surface area contributed by atoms with Crippen LogP contribution >= 0.6 is 35.6 Å². The molecule has 1 aliphatic rings. The van der Waals surface area contributed by atoms with Gasteiger partial charge in [0.05, 0.1) is 22.6 Å². The standard InChI is InChI=1S/C28H25ClN2O4S2/c1-3-34-23-15-19(14-22(29)26(23)35-17-25(32)30-21-12-8-5-9-13-21)16-24-27(33)31(28(36)37-24)18(2)20-10-6-4-7-11-20/h4-16,18H,3,17H2,1-2H3,(H,30,32)/b24-16-/t18-/m0/s1. The van der Waals surface area contributed by atoms with E-state index in [9.17, 15) is 9.59 Å². The number of nitrogens with zero attached hydrogens (tertiary/aromatic N) is 1. The summed E-state index contributed by atoms with van der Waals surface area (Å²) in [5.41, 5.74) is 2.32. The van der Waals surface area contributed by atoms with Gasteiger partial charge in [-0.2, -0.15) is 0 Å². The van der Waals surface area contributed by atoms with E-state index in [1.807, 2.05) is 62.4 Å². The first-order valence-corrected chi connectivity index (χ1v) is 13.2. The Bertz CT molecular complexity index is 1330. The number of amides is 2. The van der Waals surface area contributed by atoms with Gasteiger partial charge in [0.25, 0.3) is 11.8 Å². The summed E-state index contributed by atoms with van der Waals surface area (Å²) in [6, 6.07) is 22.0. The highest BCUT2D eigenvalue weighted by molar-refractivity contribution is 8.26. The molecular formula is C28H25ClN2O4S2. The molecule has 190 valence electrons. The Labute approximate surface area is 230 Å². The molecule has 2 amide bonds. The minimum Gasteiger partial charge on any atom is -0.490 e. The van der Waals surface area contributed by atoms with E-state index in [2.05, 4.69) is 5.32 Å². The molecule has 0 aromatic heterocycles. The van der Waals surface area contributed by atoms with Crippen molar-refractivity contribution in [2.45, 2.75) is 19.9 Å². The summed E-state index contributed by atoms with van der Waals surface area (Å²) >= 11 is 13.3. The Morgan fingerprint density at radius 1 is 1.11 bits per heavy atom. The number of thioether (sulfide) groups is 1. The van der Waals surface area contributed by atoms with Crippen LogP contribution in [0.4, 0.5) is 5.69 Å². The van der Waals surface area contributed by atoms with Gasteiger partial charge in [0.15, 0.2) is 18.1 Å². The zero-order chi connectivity index (χ0) is 26.4. The maximum absolute atomic E-state index is 13.2. The topological polar surface area (TPSA) is 67.9 Å². The van der Waals surface area contributed by atoms with E-state index in [4.69, 9.17) is 33.3 Å². The van der Waals surface area contributed by atoms with Gasteiger partial charge in [0.2, 0.25) is 0 Å². The van der Waals surface area contributed by atoms with Crippen LogP contribution in [-0.2, 0) is 9.59 Å². The lowest BCUT2D eigenvalue weighted by atomic mass is 10.1. The van der Waals surface area contributed by atoms with Gasteiger partial charge in [-0.1, -0.05) is 84.1 Å². The number of rotatable bonds is 9. The minimum absolute atomic E-state index is 0.168. The molecule has 3 aromatic rings. The second kappa shape index (κ2) is 12.3. The van der Waals surface area contributed by atoms with Crippen LogP contribution in [0.15, 0.2) is 77.7 Å². The number of anilines is 1. The molecule has 6 nitrogen and oxygen atoms in total. The van der Waals surface area contributed by atoms with Gasteiger partial charge in [0, 0.05) is 5.69 Å². The minimum atomic E-state index is -0.329. The van der Waals surface area contributed by atoms with Crippen LogP contribution in [-0.4, -0.2) is 34.2 Å². The molecule has 37 heavy (non-hydrogen) atoms. The van der Waals surface area contributed by atoms with Crippen LogP contribution < -0.4 is 14.8 Å². The average Bonchev–Trinajstić information content (AvgIpc) is 3.16. The van der Waals surface area contributed by atoms with Crippen molar-refractivity contribution in [2.24, 2.45) is 0 Å². The van der Waals surface area contributed by atoms with E-state index >= 15 is 0 Å². The summed E-state index contributed by atoms with van der Waals surface area (Å²) in [6.45, 7) is 3.91. The van der Waals surface area contributed by atoms with Crippen LogP contribution in [0.1, 0.15) is 31.0 Å². The first-order valence-electron chi connectivity index (χ1n) is 11.6. The van der Waals surface area contributed by atoms with Crippen LogP contribution in [0.25, 0.3) is 6.08 Å². The lowest BCUT2D eigenvalue weighted by Crippen LogP contribution is -2.30. The molecule has 0 unspecified atom stereocenters. The molecule has 1 fully saturated rings. The number of hydrogen-bond acceptors (Lipinski definition) is 6. The van der Waals surface area contributed by atoms with Gasteiger partial charge in [0.1, 0.15) is 4.32 Å². The maximum Gasteiger partial charge on any atom is 0.266 e. The molecule has 9 heteroatoms. The molecule has 1 aliphatic heterocycles. The van der Waals surface area contributed by atoms with Gasteiger partial charge >= 0.3 is 0 Å². The number of halogens is 1. The summed E-state index contributed by atoms with van der Waals surface area (Å²) in [5.74, 6) is 0.138. The molecule has 0 saturated carbocycles. The Morgan fingerprint density at radius 3 is 2.46 bits per heavy atom. The van der Waals surface area contributed by atoms with Crippen molar-refractivity contribution in [3.05, 3.63) is 93.9 Å². The van der Waals surface area contributed by atoms with Gasteiger partial charge in [-0.05, 0) is 55.3 Å². The Kier molecular flexibility index (Phi) is 8.87. The van der Waals surface area contributed by atoms with Gasteiger partial charge in [-0.25, -0.2) is 0 Å². The number of thiocarbonyl (C=S) groups is 1. The van der Waals surface area contributed by atoms with E-state index in [1.165, 1.54) is 11.8 Å².